The lowest BCUT2D eigenvalue weighted by molar-refractivity contribution is 0.130. The van der Waals surface area contributed by atoms with Gasteiger partial charge in [0, 0.05) is 45.7 Å². The largest absolute Gasteiger partial charge is 0.493 e. The predicted octanol–water partition coefficient (Wildman–Crippen LogP) is 2.54. The maximum atomic E-state index is 5.83. The number of rotatable bonds is 6. The zero-order chi connectivity index (χ0) is 15.4. The molecule has 5 heteroatoms. The SMILES string of the molecule is CCN1CCN(CCCOc2ccc3nc(C)oc3c2)CC1. The van der Waals surface area contributed by atoms with E-state index >= 15 is 0 Å². The van der Waals surface area contributed by atoms with E-state index < -0.39 is 0 Å². The zero-order valence-electron chi connectivity index (χ0n) is 13.5. The van der Waals surface area contributed by atoms with E-state index in [1.807, 2.05) is 25.1 Å². The first kappa shape index (κ1) is 15.3. The predicted molar refractivity (Wildman–Crippen MR) is 87.4 cm³/mol. The topological polar surface area (TPSA) is 41.7 Å². The number of aromatic nitrogens is 1. The van der Waals surface area contributed by atoms with Gasteiger partial charge in [-0.15, -0.1) is 0 Å². The smallest absolute Gasteiger partial charge is 0.192 e. The van der Waals surface area contributed by atoms with Crippen LogP contribution in [-0.2, 0) is 0 Å². The van der Waals surface area contributed by atoms with E-state index in [0.717, 1.165) is 36.4 Å². The maximum absolute atomic E-state index is 5.83. The van der Waals surface area contributed by atoms with Crippen LogP contribution in [0.4, 0.5) is 0 Å². The van der Waals surface area contributed by atoms with Crippen LogP contribution in [0, 0.1) is 6.92 Å². The van der Waals surface area contributed by atoms with Crippen LogP contribution in [-0.4, -0.2) is 60.7 Å². The first-order valence-corrected chi connectivity index (χ1v) is 8.19. The number of likely N-dealkylation sites (N-methyl/N-ethyl adjacent to an activating group) is 1. The van der Waals surface area contributed by atoms with Crippen molar-refractivity contribution in [2.24, 2.45) is 0 Å². The summed E-state index contributed by atoms with van der Waals surface area (Å²) in [6.45, 7) is 11.9. The molecule has 0 spiro atoms. The number of ether oxygens (including phenoxy) is 1. The van der Waals surface area contributed by atoms with Gasteiger partial charge in [-0.25, -0.2) is 4.98 Å². The van der Waals surface area contributed by atoms with Gasteiger partial charge in [-0.2, -0.15) is 0 Å². The number of fused-ring (bicyclic) bond motifs is 1. The molecule has 0 N–H and O–H groups in total. The number of hydrogen-bond acceptors (Lipinski definition) is 5. The second-order valence-corrected chi connectivity index (χ2v) is 5.84. The van der Waals surface area contributed by atoms with Gasteiger partial charge in [-0.05, 0) is 25.1 Å². The summed E-state index contributed by atoms with van der Waals surface area (Å²) < 4.78 is 11.4. The third kappa shape index (κ3) is 3.78. The molecule has 1 aliphatic rings. The average molecular weight is 303 g/mol. The van der Waals surface area contributed by atoms with Crippen LogP contribution >= 0.6 is 0 Å². The first-order chi connectivity index (χ1) is 10.7. The summed E-state index contributed by atoms with van der Waals surface area (Å²) in [6.07, 6.45) is 1.06. The van der Waals surface area contributed by atoms with Gasteiger partial charge >= 0.3 is 0 Å². The van der Waals surface area contributed by atoms with Gasteiger partial charge in [0.05, 0.1) is 6.61 Å². The number of hydrogen-bond donors (Lipinski definition) is 0. The molecule has 22 heavy (non-hydrogen) atoms. The number of nitrogens with zero attached hydrogens (tertiary/aromatic N) is 3. The third-order valence-corrected chi connectivity index (χ3v) is 4.27. The quantitative estimate of drug-likeness (QED) is 0.767. The number of benzene rings is 1. The Kier molecular flexibility index (Phi) is 4.95. The Morgan fingerprint density at radius 2 is 1.95 bits per heavy atom. The summed E-state index contributed by atoms with van der Waals surface area (Å²) in [5.41, 5.74) is 1.68. The highest BCUT2D eigenvalue weighted by Crippen LogP contribution is 2.21. The Balaban J connectivity index is 1.41. The van der Waals surface area contributed by atoms with E-state index in [4.69, 9.17) is 9.15 Å². The van der Waals surface area contributed by atoms with Gasteiger partial charge < -0.3 is 19.0 Å². The molecule has 0 saturated carbocycles. The molecule has 0 atom stereocenters. The Bertz CT molecular complexity index is 603. The van der Waals surface area contributed by atoms with E-state index in [9.17, 15) is 0 Å². The molecule has 1 saturated heterocycles. The molecule has 1 fully saturated rings. The Morgan fingerprint density at radius 1 is 1.18 bits per heavy atom. The molecule has 1 aromatic heterocycles. The minimum absolute atomic E-state index is 0.693. The normalized spacial score (nSPS) is 17.2. The summed E-state index contributed by atoms with van der Waals surface area (Å²) in [7, 11) is 0. The van der Waals surface area contributed by atoms with Crippen molar-refractivity contribution in [2.75, 3.05) is 45.9 Å². The second kappa shape index (κ2) is 7.11. The van der Waals surface area contributed by atoms with Crippen LogP contribution in [0.5, 0.6) is 5.75 Å². The standard InChI is InChI=1S/C17H25N3O2/c1-3-19-8-10-20(11-9-19)7-4-12-21-15-5-6-16-17(13-15)22-14(2)18-16/h5-6,13H,3-4,7-12H2,1-2H3. The van der Waals surface area contributed by atoms with Crippen LogP contribution in [0.25, 0.3) is 11.1 Å². The molecular formula is C17H25N3O2. The number of oxazole rings is 1. The number of piperazine rings is 1. The minimum Gasteiger partial charge on any atom is -0.493 e. The van der Waals surface area contributed by atoms with Gasteiger partial charge in [0.25, 0.3) is 0 Å². The third-order valence-electron chi connectivity index (χ3n) is 4.27. The first-order valence-electron chi connectivity index (χ1n) is 8.19. The van der Waals surface area contributed by atoms with E-state index in [1.54, 1.807) is 0 Å². The van der Waals surface area contributed by atoms with Crippen LogP contribution in [0.2, 0.25) is 0 Å². The molecule has 2 aromatic rings. The summed E-state index contributed by atoms with van der Waals surface area (Å²) >= 11 is 0. The van der Waals surface area contributed by atoms with Crippen LogP contribution in [0.15, 0.2) is 22.6 Å². The molecule has 0 bridgehead atoms. The molecule has 0 aliphatic carbocycles. The summed E-state index contributed by atoms with van der Waals surface area (Å²) in [5, 5.41) is 0. The fourth-order valence-electron chi connectivity index (χ4n) is 2.92. The Hall–Kier alpha value is -1.59. The molecule has 0 radical (unpaired) electrons. The zero-order valence-corrected chi connectivity index (χ0v) is 13.5. The van der Waals surface area contributed by atoms with Crippen molar-refractivity contribution in [3.8, 4) is 5.75 Å². The highest BCUT2D eigenvalue weighted by Gasteiger charge is 2.14. The highest BCUT2D eigenvalue weighted by atomic mass is 16.5. The van der Waals surface area contributed by atoms with E-state index in [-0.39, 0.29) is 0 Å². The van der Waals surface area contributed by atoms with E-state index in [2.05, 4.69) is 21.7 Å². The molecule has 120 valence electrons. The molecule has 5 nitrogen and oxygen atoms in total. The van der Waals surface area contributed by atoms with Crippen molar-refractivity contribution in [3.63, 3.8) is 0 Å². The van der Waals surface area contributed by atoms with Crippen molar-refractivity contribution in [2.45, 2.75) is 20.3 Å². The van der Waals surface area contributed by atoms with Crippen LogP contribution in [0.3, 0.4) is 0 Å². The fourth-order valence-corrected chi connectivity index (χ4v) is 2.92. The minimum atomic E-state index is 0.693. The molecular weight excluding hydrogens is 278 g/mol. The molecule has 0 unspecified atom stereocenters. The van der Waals surface area contributed by atoms with Gasteiger partial charge in [-0.1, -0.05) is 6.92 Å². The average Bonchev–Trinajstić information content (AvgIpc) is 2.91. The van der Waals surface area contributed by atoms with Gasteiger partial charge in [0.2, 0.25) is 0 Å². The monoisotopic (exact) mass is 303 g/mol. The maximum Gasteiger partial charge on any atom is 0.192 e. The lowest BCUT2D eigenvalue weighted by atomic mass is 10.3. The van der Waals surface area contributed by atoms with Crippen molar-refractivity contribution in [3.05, 3.63) is 24.1 Å². The summed E-state index contributed by atoms with van der Waals surface area (Å²) in [4.78, 5) is 9.32. The molecule has 0 amide bonds. The number of aryl methyl sites for hydroxylation is 1. The molecule has 3 rings (SSSR count). The molecule has 2 heterocycles. The fraction of sp³-hybridized carbons (Fsp3) is 0.588. The molecule has 1 aliphatic heterocycles. The lowest BCUT2D eigenvalue weighted by Gasteiger charge is -2.33. The molecule has 1 aromatic carbocycles. The van der Waals surface area contributed by atoms with Gasteiger partial charge in [-0.3, -0.25) is 0 Å². The van der Waals surface area contributed by atoms with Crippen molar-refractivity contribution >= 4 is 11.1 Å². The highest BCUT2D eigenvalue weighted by molar-refractivity contribution is 5.74. The van der Waals surface area contributed by atoms with Crippen molar-refractivity contribution < 1.29 is 9.15 Å². The van der Waals surface area contributed by atoms with E-state index in [1.165, 1.54) is 32.7 Å². The van der Waals surface area contributed by atoms with Crippen LogP contribution < -0.4 is 4.74 Å². The van der Waals surface area contributed by atoms with Gasteiger partial charge in [0.1, 0.15) is 11.3 Å². The van der Waals surface area contributed by atoms with Crippen molar-refractivity contribution in [1.82, 2.24) is 14.8 Å². The summed E-state index contributed by atoms with van der Waals surface area (Å²) in [5.74, 6) is 1.55. The second-order valence-electron chi connectivity index (χ2n) is 5.84. The van der Waals surface area contributed by atoms with Crippen LogP contribution in [0.1, 0.15) is 19.2 Å². The van der Waals surface area contributed by atoms with Gasteiger partial charge in [0.15, 0.2) is 11.5 Å². The van der Waals surface area contributed by atoms with E-state index in [0.29, 0.717) is 5.89 Å². The summed E-state index contributed by atoms with van der Waals surface area (Å²) in [6, 6.07) is 5.84. The Morgan fingerprint density at radius 3 is 2.73 bits per heavy atom. The Labute approximate surface area is 131 Å². The van der Waals surface area contributed by atoms with Crippen molar-refractivity contribution in [1.29, 1.82) is 0 Å². The lowest BCUT2D eigenvalue weighted by Crippen LogP contribution is -2.46.